The third kappa shape index (κ3) is 6.11. The van der Waals surface area contributed by atoms with Crippen molar-refractivity contribution in [3.8, 4) is 0 Å². The van der Waals surface area contributed by atoms with Crippen LogP contribution in [0.2, 0.25) is 0 Å². The van der Waals surface area contributed by atoms with Crippen LogP contribution in [0.25, 0.3) is 0 Å². The fourth-order valence-electron chi connectivity index (χ4n) is 2.38. The van der Waals surface area contributed by atoms with Gasteiger partial charge in [-0.25, -0.2) is 0 Å². The van der Waals surface area contributed by atoms with E-state index in [4.69, 9.17) is 11.5 Å². The number of piperidine rings is 1. The number of rotatable bonds is 8. The number of hydrogen-bond acceptors (Lipinski definition) is 5. The Kier molecular flexibility index (Phi) is 7.77. The van der Waals surface area contributed by atoms with E-state index < -0.39 is 0 Å². The summed E-state index contributed by atoms with van der Waals surface area (Å²) in [6.45, 7) is 6.33. The van der Waals surface area contributed by atoms with Crippen molar-refractivity contribution in [2.75, 3.05) is 33.2 Å². The third-order valence-electron chi connectivity index (χ3n) is 3.60. The quantitative estimate of drug-likeness (QED) is 0.448. The molecule has 3 unspecified atom stereocenters. The highest BCUT2D eigenvalue weighted by Gasteiger charge is 2.24. The molecule has 0 saturated carbocycles. The van der Waals surface area contributed by atoms with Crippen LogP contribution in [0.4, 0.5) is 0 Å². The molecule has 108 valence electrons. The molecule has 0 aromatic rings. The first-order valence-corrected chi connectivity index (χ1v) is 7.30. The van der Waals surface area contributed by atoms with Crippen molar-refractivity contribution in [2.45, 2.75) is 50.9 Å². The zero-order chi connectivity index (χ0) is 13.4. The molecule has 0 amide bonds. The number of nitrogens with one attached hydrogen (secondary N) is 2. The Morgan fingerprint density at radius 3 is 2.72 bits per heavy atom. The third-order valence-corrected chi connectivity index (χ3v) is 3.60. The van der Waals surface area contributed by atoms with Crippen molar-refractivity contribution in [1.29, 1.82) is 0 Å². The molecular weight excluding hydrogens is 226 g/mol. The minimum absolute atomic E-state index is 0.124. The molecule has 0 aromatic heterocycles. The maximum absolute atomic E-state index is 6.07. The molecule has 1 fully saturated rings. The van der Waals surface area contributed by atoms with Crippen LogP contribution < -0.4 is 22.1 Å². The van der Waals surface area contributed by atoms with Gasteiger partial charge in [-0.3, -0.25) is 10.6 Å². The average molecular weight is 257 g/mol. The molecule has 18 heavy (non-hydrogen) atoms. The fourth-order valence-corrected chi connectivity index (χ4v) is 2.38. The second-order valence-electron chi connectivity index (χ2n) is 5.51. The predicted octanol–water partition coefficient (Wildman–Crippen LogP) is -0.328. The first-order chi connectivity index (χ1) is 8.63. The molecule has 0 aliphatic carbocycles. The van der Waals surface area contributed by atoms with E-state index in [1.807, 2.05) is 0 Å². The van der Waals surface area contributed by atoms with Crippen LogP contribution in [-0.4, -0.2) is 56.4 Å². The van der Waals surface area contributed by atoms with Crippen LogP contribution in [0, 0.1) is 0 Å². The first-order valence-electron chi connectivity index (χ1n) is 7.30. The topological polar surface area (TPSA) is 79.3 Å². The van der Waals surface area contributed by atoms with Crippen molar-refractivity contribution in [3.05, 3.63) is 0 Å². The molecular formula is C13H31N5. The zero-order valence-corrected chi connectivity index (χ0v) is 12.0. The molecule has 0 bridgehead atoms. The summed E-state index contributed by atoms with van der Waals surface area (Å²) in [6, 6.07) is 0.328. The number of hydrogen-bond donors (Lipinski definition) is 4. The zero-order valence-electron chi connectivity index (χ0n) is 12.0. The SMILES string of the molecule is CCCCCN(C)CCNC1NCC(N)CC1N. The van der Waals surface area contributed by atoms with Gasteiger partial charge in [0.25, 0.3) is 0 Å². The summed E-state index contributed by atoms with van der Waals surface area (Å²) in [5, 5.41) is 6.84. The normalized spacial score (nSPS) is 28.8. The molecule has 0 aromatic carbocycles. The van der Waals surface area contributed by atoms with E-state index in [-0.39, 0.29) is 18.2 Å². The highest BCUT2D eigenvalue weighted by molar-refractivity contribution is 4.88. The lowest BCUT2D eigenvalue weighted by Crippen LogP contribution is -2.63. The number of nitrogens with zero attached hydrogens (tertiary/aromatic N) is 1. The number of unbranched alkanes of at least 4 members (excludes halogenated alkanes) is 2. The molecule has 5 nitrogen and oxygen atoms in total. The summed E-state index contributed by atoms with van der Waals surface area (Å²) in [5.74, 6) is 0. The number of nitrogens with two attached hydrogens (primary N) is 2. The summed E-state index contributed by atoms with van der Waals surface area (Å²) in [5.41, 5.74) is 11.9. The van der Waals surface area contributed by atoms with Crippen LogP contribution in [-0.2, 0) is 0 Å². The molecule has 0 spiro atoms. The number of likely N-dealkylation sites (N-methyl/N-ethyl adjacent to an activating group) is 1. The van der Waals surface area contributed by atoms with Crippen molar-refractivity contribution in [3.63, 3.8) is 0 Å². The predicted molar refractivity (Wildman–Crippen MR) is 77.4 cm³/mol. The first kappa shape index (κ1) is 15.9. The Hall–Kier alpha value is -0.200. The van der Waals surface area contributed by atoms with E-state index in [1.54, 1.807) is 0 Å². The van der Waals surface area contributed by atoms with E-state index in [0.717, 1.165) is 26.1 Å². The smallest absolute Gasteiger partial charge is 0.0729 e. The monoisotopic (exact) mass is 257 g/mol. The molecule has 1 heterocycles. The Balaban J connectivity index is 2.06. The summed E-state index contributed by atoms with van der Waals surface area (Å²) >= 11 is 0. The van der Waals surface area contributed by atoms with Crippen LogP contribution in [0.1, 0.15) is 32.6 Å². The van der Waals surface area contributed by atoms with Crippen molar-refractivity contribution in [1.82, 2.24) is 15.5 Å². The van der Waals surface area contributed by atoms with Crippen LogP contribution >= 0.6 is 0 Å². The van der Waals surface area contributed by atoms with Gasteiger partial charge in [-0.15, -0.1) is 0 Å². The summed E-state index contributed by atoms with van der Waals surface area (Å²) in [6.07, 6.45) is 5.02. The molecule has 3 atom stereocenters. The Morgan fingerprint density at radius 1 is 1.28 bits per heavy atom. The van der Waals surface area contributed by atoms with Gasteiger partial charge in [-0.05, 0) is 26.4 Å². The van der Waals surface area contributed by atoms with Gasteiger partial charge < -0.3 is 16.4 Å². The Labute approximate surface area is 112 Å². The van der Waals surface area contributed by atoms with Crippen molar-refractivity contribution >= 4 is 0 Å². The van der Waals surface area contributed by atoms with Gasteiger partial charge in [0.1, 0.15) is 0 Å². The standard InChI is InChI=1S/C13H31N5/c1-3-4-5-7-18(2)8-6-16-13-12(15)9-11(14)10-17-13/h11-13,16-17H,3-10,14-15H2,1-2H3. The molecule has 1 saturated heterocycles. The van der Waals surface area contributed by atoms with Gasteiger partial charge in [0.2, 0.25) is 0 Å². The highest BCUT2D eigenvalue weighted by atomic mass is 15.2. The second-order valence-corrected chi connectivity index (χ2v) is 5.51. The molecule has 5 heteroatoms. The maximum atomic E-state index is 6.07. The van der Waals surface area contributed by atoms with Crippen molar-refractivity contribution < 1.29 is 0 Å². The van der Waals surface area contributed by atoms with E-state index in [1.165, 1.54) is 25.8 Å². The van der Waals surface area contributed by atoms with Gasteiger partial charge in [-0.1, -0.05) is 19.8 Å². The fraction of sp³-hybridized carbons (Fsp3) is 1.00. The lowest BCUT2D eigenvalue weighted by molar-refractivity contribution is 0.259. The summed E-state index contributed by atoms with van der Waals surface area (Å²) in [4.78, 5) is 2.38. The minimum Gasteiger partial charge on any atom is -0.326 e. The lowest BCUT2D eigenvalue weighted by atomic mass is 10.0. The summed E-state index contributed by atoms with van der Waals surface area (Å²) in [7, 11) is 2.18. The van der Waals surface area contributed by atoms with Gasteiger partial charge in [-0.2, -0.15) is 0 Å². The van der Waals surface area contributed by atoms with Crippen LogP contribution in [0.15, 0.2) is 0 Å². The molecule has 1 rings (SSSR count). The van der Waals surface area contributed by atoms with Gasteiger partial charge in [0, 0.05) is 31.7 Å². The maximum Gasteiger partial charge on any atom is 0.0729 e. The van der Waals surface area contributed by atoms with E-state index in [9.17, 15) is 0 Å². The van der Waals surface area contributed by atoms with Gasteiger partial charge in [0.05, 0.1) is 6.17 Å². The lowest BCUT2D eigenvalue weighted by Gasteiger charge is -2.34. The molecule has 1 aliphatic heterocycles. The minimum atomic E-state index is 0.124. The van der Waals surface area contributed by atoms with E-state index in [2.05, 4.69) is 29.5 Å². The van der Waals surface area contributed by atoms with Gasteiger partial charge >= 0.3 is 0 Å². The Morgan fingerprint density at radius 2 is 2.06 bits per heavy atom. The second kappa shape index (κ2) is 8.82. The highest BCUT2D eigenvalue weighted by Crippen LogP contribution is 2.03. The largest absolute Gasteiger partial charge is 0.326 e. The van der Waals surface area contributed by atoms with E-state index >= 15 is 0 Å². The van der Waals surface area contributed by atoms with Crippen LogP contribution in [0.5, 0.6) is 0 Å². The Bertz CT molecular complexity index is 212. The molecule has 1 aliphatic rings. The van der Waals surface area contributed by atoms with E-state index in [0.29, 0.717) is 0 Å². The molecule has 0 radical (unpaired) electrons. The average Bonchev–Trinajstić information content (AvgIpc) is 2.32. The summed E-state index contributed by atoms with van der Waals surface area (Å²) < 4.78 is 0. The van der Waals surface area contributed by atoms with Gasteiger partial charge in [0.15, 0.2) is 0 Å². The molecule has 6 N–H and O–H groups in total. The van der Waals surface area contributed by atoms with Crippen LogP contribution in [0.3, 0.4) is 0 Å². The van der Waals surface area contributed by atoms with Crippen molar-refractivity contribution in [2.24, 2.45) is 11.5 Å².